The maximum absolute atomic E-state index is 12.0. The minimum atomic E-state index is -0.357. The zero-order valence-electron chi connectivity index (χ0n) is 10.8. The van der Waals surface area contributed by atoms with Crippen molar-refractivity contribution in [3.8, 4) is 0 Å². The summed E-state index contributed by atoms with van der Waals surface area (Å²) in [5, 5.41) is 12.5. The fourth-order valence-corrected chi connectivity index (χ4v) is 2.73. The van der Waals surface area contributed by atoms with Crippen LogP contribution in [0.5, 0.6) is 0 Å². The van der Waals surface area contributed by atoms with Gasteiger partial charge in [0.1, 0.15) is 0 Å². The molecule has 6 nitrogen and oxygen atoms in total. The molecular formula is C12H21N3O3. The van der Waals surface area contributed by atoms with Gasteiger partial charge in [-0.1, -0.05) is 12.8 Å². The van der Waals surface area contributed by atoms with Crippen LogP contribution in [0.2, 0.25) is 0 Å². The van der Waals surface area contributed by atoms with E-state index < -0.39 is 0 Å². The Labute approximate surface area is 107 Å². The van der Waals surface area contributed by atoms with Gasteiger partial charge in [-0.2, -0.15) is 0 Å². The van der Waals surface area contributed by atoms with Crippen LogP contribution in [0.1, 0.15) is 25.7 Å². The average molecular weight is 255 g/mol. The number of amides is 3. The molecule has 2 N–H and O–H groups in total. The standard InChI is InChI=1S/C12H21N3O3/c1-14(9-4-2-3-5-10(9)16)8-11(17)15-7-6-13-12(15)18/h9-10,16H,2-8H2,1H3,(H,13,18). The predicted octanol–water partition coefficient (Wildman–Crippen LogP) is -0.226. The molecule has 1 aliphatic heterocycles. The van der Waals surface area contributed by atoms with Crippen LogP contribution in [-0.2, 0) is 4.79 Å². The third kappa shape index (κ3) is 2.81. The van der Waals surface area contributed by atoms with E-state index in [1.54, 1.807) is 0 Å². The maximum atomic E-state index is 12.0. The zero-order valence-corrected chi connectivity index (χ0v) is 10.8. The molecule has 0 aromatic carbocycles. The number of nitrogens with zero attached hydrogens (tertiary/aromatic N) is 2. The first-order valence-corrected chi connectivity index (χ1v) is 6.56. The van der Waals surface area contributed by atoms with Gasteiger partial charge in [-0.25, -0.2) is 4.79 Å². The highest BCUT2D eigenvalue weighted by Gasteiger charge is 2.31. The number of rotatable bonds is 3. The van der Waals surface area contributed by atoms with Crippen LogP contribution >= 0.6 is 0 Å². The first kappa shape index (κ1) is 13.3. The quantitative estimate of drug-likeness (QED) is 0.731. The Kier molecular flexibility index (Phi) is 4.19. The Balaban J connectivity index is 1.88. The first-order chi connectivity index (χ1) is 8.59. The number of aliphatic hydroxyl groups excluding tert-OH is 1. The largest absolute Gasteiger partial charge is 0.391 e. The molecule has 0 aromatic heterocycles. The summed E-state index contributed by atoms with van der Waals surface area (Å²) in [5.41, 5.74) is 0. The number of urea groups is 1. The van der Waals surface area contributed by atoms with Gasteiger partial charge in [-0.05, 0) is 19.9 Å². The summed E-state index contributed by atoms with van der Waals surface area (Å²) >= 11 is 0. The number of carbonyl (C=O) groups is 2. The van der Waals surface area contributed by atoms with E-state index in [1.165, 1.54) is 4.90 Å². The van der Waals surface area contributed by atoms with E-state index in [9.17, 15) is 14.7 Å². The summed E-state index contributed by atoms with van der Waals surface area (Å²) in [6, 6.07) is -0.272. The lowest BCUT2D eigenvalue weighted by atomic mass is 9.91. The lowest BCUT2D eigenvalue weighted by molar-refractivity contribution is -0.129. The van der Waals surface area contributed by atoms with Crippen molar-refractivity contribution in [2.45, 2.75) is 37.8 Å². The van der Waals surface area contributed by atoms with Crippen molar-refractivity contribution in [2.75, 3.05) is 26.7 Å². The third-order valence-corrected chi connectivity index (χ3v) is 3.80. The van der Waals surface area contributed by atoms with Crippen molar-refractivity contribution in [3.63, 3.8) is 0 Å². The van der Waals surface area contributed by atoms with Crippen LogP contribution < -0.4 is 5.32 Å². The number of imide groups is 1. The van der Waals surface area contributed by atoms with Gasteiger partial charge in [0.15, 0.2) is 0 Å². The number of hydrogen-bond acceptors (Lipinski definition) is 4. The molecule has 2 atom stereocenters. The van der Waals surface area contributed by atoms with E-state index in [1.807, 2.05) is 11.9 Å². The molecule has 3 amide bonds. The molecule has 1 aliphatic carbocycles. The van der Waals surface area contributed by atoms with Crippen molar-refractivity contribution in [1.29, 1.82) is 0 Å². The third-order valence-electron chi connectivity index (χ3n) is 3.80. The Hall–Kier alpha value is -1.14. The van der Waals surface area contributed by atoms with E-state index in [4.69, 9.17) is 0 Å². The molecular weight excluding hydrogens is 234 g/mol. The number of nitrogens with one attached hydrogen (secondary N) is 1. The van der Waals surface area contributed by atoms with E-state index in [2.05, 4.69) is 5.32 Å². The van der Waals surface area contributed by atoms with Gasteiger partial charge in [0.2, 0.25) is 5.91 Å². The minimum absolute atomic E-state index is 0.0355. The molecule has 0 aromatic rings. The lowest BCUT2D eigenvalue weighted by Gasteiger charge is -2.35. The smallest absolute Gasteiger partial charge is 0.324 e. The zero-order chi connectivity index (χ0) is 13.1. The van der Waals surface area contributed by atoms with Crippen LogP contribution in [0.4, 0.5) is 4.79 Å². The second-order valence-electron chi connectivity index (χ2n) is 5.11. The van der Waals surface area contributed by atoms with Crippen LogP contribution in [0.15, 0.2) is 0 Å². The SMILES string of the molecule is CN(CC(=O)N1CCNC1=O)C1CCCCC1O. The molecule has 6 heteroatoms. The summed E-state index contributed by atoms with van der Waals surface area (Å²) < 4.78 is 0. The molecule has 0 radical (unpaired) electrons. The van der Waals surface area contributed by atoms with Crippen molar-refractivity contribution in [2.24, 2.45) is 0 Å². The molecule has 2 unspecified atom stereocenters. The van der Waals surface area contributed by atoms with E-state index in [0.717, 1.165) is 25.7 Å². The average Bonchev–Trinajstić information content (AvgIpc) is 2.76. The topological polar surface area (TPSA) is 72.9 Å². The van der Waals surface area contributed by atoms with E-state index >= 15 is 0 Å². The van der Waals surface area contributed by atoms with Crippen molar-refractivity contribution in [3.05, 3.63) is 0 Å². The van der Waals surface area contributed by atoms with Crippen molar-refractivity contribution in [1.82, 2.24) is 15.1 Å². The van der Waals surface area contributed by atoms with Gasteiger partial charge in [0, 0.05) is 19.1 Å². The van der Waals surface area contributed by atoms with Gasteiger partial charge in [-0.3, -0.25) is 14.6 Å². The molecule has 2 aliphatic rings. The normalized spacial score (nSPS) is 28.6. The molecule has 1 saturated carbocycles. The maximum Gasteiger partial charge on any atom is 0.324 e. The summed E-state index contributed by atoms with van der Waals surface area (Å²) in [5.74, 6) is -0.190. The number of hydrogen-bond donors (Lipinski definition) is 2. The summed E-state index contributed by atoms with van der Waals surface area (Å²) in [7, 11) is 1.84. The van der Waals surface area contributed by atoms with Gasteiger partial charge in [0.05, 0.1) is 12.6 Å². The lowest BCUT2D eigenvalue weighted by Crippen LogP contribution is -2.48. The van der Waals surface area contributed by atoms with Gasteiger partial charge in [0.25, 0.3) is 0 Å². The van der Waals surface area contributed by atoms with Gasteiger partial charge in [-0.15, -0.1) is 0 Å². The molecule has 2 rings (SSSR count). The van der Waals surface area contributed by atoms with Gasteiger partial charge >= 0.3 is 6.03 Å². The van der Waals surface area contributed by atoms with Gasteiger partial charge < -0.3 is 10.4 Å². The van der Waals surface area contributed by atoms with Crippen LogP contribution in [0.3, 0.4) is 0 Å². The molecule has 0 bridgehead atoms. The van der Waals surface area contributed by atoms with E-state index in [0.29, 0.717) is 13.1 Å². The summed E-state index contributed by atoms with van der Waals surface area (Å²) in [6.45, 7) is 1.16. The highest BCUT2D eigenvalue weighted by atomic mass is 16.3. The fraction of sp³-hybridized carbons (Fsp3) is 0.833. The molecule has 0 spiro atoms. The molecule has 102 valence electrons. The number of likely N-dealkylation sites (N-methyl/N-ethyl adjacent to an activating group) is 1. The first-order valence-electron chi connectivity index (χ1n) is 6.56. The predicted molar refractivity (Wildman–Crippen MR) is 66.0 cm³/mol. The van der Waals surface area contributed by atoms with E-state index in [-0.39, 0.29) is 30.6 Å². The number of carbonyl (C=O) groups excluding carboxylic acids is 2. The Morgan fingerprint density at radius 1 is 1.50 bits per heavy atom. The van der Waals surface area contributed by atoms with Crippen molar-refractivity contribution < 1.29 is 14.7 Å². The molecule has 18 heavy (non-hydrogen) atoms. The van der Waals surface area contributed by atoms with Crippen molar-refractivity contribution >= 4 is 11.9 Å². The molecule has 1 saturated heterocycles. The minimum Gasteiger partial charge on any atom is -0.391 e. The summed E-state index contributed by atoms with van der Waals surface area (Å²) in [6.07, 6.45) is 3.49. The molecule has 2 fully saturated rings. The highest BCUT2D eigenvalue weighted by molar-refractivity contribution is 5.96. The highest BCUT2D eigenvalue weighted by Crippen LogP contribution is 2.22. The monoisotopic (exact) mass is 255 g/mol. The Morgan fingerprint density at radius 2 is 2.22 bits per heavy atom. The summed E-state index contributed by atoms with van der Waals surface area (Å²) in [4.78, 5) is 26.4. The van der Waals surface area contributed by atoms with Crippen LogP contribution in [0, 0.1) is 0 Å². The fourth-order valence-electron chi connectivity index (χ4n) is 2.73. The molecule has 1 heterocycles. The second-order valence-corrected chi connectivity index (χ2v) is 5.11. The van der Waals surface area contributed by atoms with Crippen LogP contribution in [0.25, 0.3) is 0 Å². The Bertz CT molecular complexity index is 335. The Morgan fingerprint density at radius 3 is 2.83 bits per heavy atom. The second kappa shape index (κ2) is 5.67. The number of aliphatic hydroxyl groups is 1. The van der Waals surface area contributed by atoms with Crippen LogP contribution in [-0.4, -0.2) is 65.7 Å².